The summed E-state index contributed by atoms with van der Waals surface area (Å²) in [5, 5.41) is 7.98. The Morgan fingerprint density at radius 1 is 1.17 bits per heavy atom. The van der Waals surface area contributed by atoms with E-state index in [9.17, 15) is 0 Å². The summed E-state index contributed by atoms with van der Waals surface area (Å²) in [4.78, 5) is 4.40. The zero-order chi connectivity index (χ0) is 16.2. The van der Waals surface area contributed by atoms with E-state index in [4.69, 9.17) is 20.9 Å². The SMILES string of the molecule is COc1ccccc1-c1noc(CNc2cccc(Cl)c2C)n1. The van der Waals surface area contributed by atoms with Gasteiger partial charge in [-0.2, -0.15) is 4.98 Å². The van der Waals surface area contributed by atoms with E-state index >= 15 is 0 Å². The number of nitrogens with one attached hydrogen (secondary N) is 1. The Kier molecular flexibility index (Phi) is 4.48. The predicted molar refractivity (Wildman–Crippen MR) is 89.8 cm³/mol. The van der Waals surface area contributed by atoms with Gasteiger partial charge in [0.1, 0.15) is 5.75 Å². The van der Waals surface area contributed by atoms with Gasteiger partial charge in [0.05, 0.1) is 19.2 Å². The van der Waals surface area contributed by atoms with E-state index in [2.05, 4.69) is 15.5 Å². The first kappa shape index (κ1) is 15.4. The molecule has 1 N–H and O–H groups in total. The quantitative estimate of drug-likeness (QED) is 0.755. The van der Waals surface area contributed by atoms with Crippen LogP contribution in [-0.4, -0.2) is 17.3 Å². The summed E-state index contributed by atoms with van der Waals surface area (Å²) in [6.45, 7) is 2.38. The summed E-state index contributed by atoms with van der Waals surface area (Å²) in [6, 6.07) is 13.3. The molecule has 2 aromatic carbocycles. The van der Waals surface area contributed by atoms with Crippen molar-refractivity contribution in [3.05, 3.63) is 58.9 Å². The lowest BCUT2D eigenvalue weighted by molar-refractivity contribution is 0.383. The van der Waals surface area contributed by atoms with Crippen LogP contribution in [-0.2, 0) is 6.54 Å². The third-order valence-corrected chi connectivity index (χ3v) is 3.92. The molecular formula is C17H16ClN3O2. The van der Waals surface area contributed by atoms with Crippen molar-refractivity contribution in [3.63, 3.8) is 0 Å². The van der Waals surface area contributed by atoms with Gasteiger partial charge < -0.3 is 14.6 Å². The summed E-state index contributed by atoms with van der Waals surface area (Å²) >= 11 is 6.11. The first-order valence-electron chi connectivity index (χ1n) is 7.14. The predicted octanol–water partition coefficient (Wildman–Crippen LogP) is 4.32. The van der Waals surface area contributed by atoms with Gasteiger partial charge in [0.25, 0.3) is 0 Å². The number of benzene rings is 2. The zero-order valence-corrected chi connectivity index (χ0v) is 13.6. The second-order valence-corrected chi connectivity index (χ2v) is 5.39. The third-order valence-electron chi connectivity index (χ3n) is 3.51. The van der Waals surface area contributed by atoms with E-state index in [-0.39, 0.29) is 0 Å². The monoisotopic (exact) mass is 329 g/mol. The Balaban J connectivity index is 1.76. The molecule has 3 aromatic rings. The van der Waals surface area contributed by atoms with E-state index in [1.54, 1.807) is 7.11 Å². The van der Waals surface area contributed by atoms with Gasteiger partial charge in [-0.05, 0) is 36.8 Å². The van der Waals surface area contributed by atoms with Crippen LogP contribution in [0.5, 0.6) is 5.75 Å². The maximum atomic E-state index is 6.11. The number of anilines is 1. The molecule has 0 amide bonds. The van der Waals surface area contributed by atoms with Crippen molar-refractivity contribution in [3.8, 4) is 17.1 Å². The van der Waals surface area contributed by atoms with Crippen molar-refractivity contribution >= 4 is 17.3 Å². The van der Waals surface area contributed by atoms with Crippen molar-refractivity contribution < 1.29 is 9.26 Å². The van der Waals surface area contributed by atoms with E-state index in [1.165, 1.54) is 0 Å². The number of methoxy groups -OCH3 is 1. The normalized spacial score (nSPS) is 10.6. The zero-order valence-electron chi connectivity index (χ0n) is 12.8. The lowest BCUT2D eigenvalue weighted by atomic mass is 10.2. The van der Waals surface area contributed by atoms with Crippen molar-refractivity contribution in [2.24, 2.45) is 0 Å². The highest BCUT2D eigenvalue weighted by Gasteiger charge is 2.13. The van der Waals surface area contributed by atoms with Crippen LogP contribution in [0, 0.1) is 6.92 Å². The van der Waals surface area contributed by atoms with Crippen LogP contribution >= 0.6 is 11.6 Å². The molecule has 0 aliphatic heterocycles. The molecule has 0 aliphatic rings. The van der Waals surface area contributed by atoms with Gasteiger partial charge in [-0.1, -0.05) is 35.0 Å². The lowest BCUT2D eigenvalue weighted by Gasteiger charge is -2.08. The van der Waals surface area contributed by atoms with Crippen molar-refractivity contribution in [2.75, 3.05) is 12.4 Å². The highest BCUT2D eigenvalue weighted by atomic mass is 35.5. The van der Waals surface area contributed by atoms with Gasteiger partial charge in [0, 0.05) is 10.7 Å². The maximum absolute atomic E-state index is 6.11. The lowest BCUT2D eigenvalue weighted by Crippen LogP contribution is -2.01. The van der Waals surface area contributed by atoms with E-state index in [0.29, 0.717) is 24.0 Å². The molecule has 0 radical (unpaired) electrons. The molecule has 0 unspecified atom stereocenters. The van der Waals surface area contributed by atoms with Gasteiger partial charge >= 0.3 is 0 Å². The Labute approximate surface area is 139 Å². The summed E-state index contributed by atoms with van der Waals surface area (Å²) in [6.07, 6.45) is 0. The van der Waals surface area contributed by atoms with Crippen LogP contribution < -0.4 is 10.1 Å². The number of ether oxygens (including phenoxy) is 1. The van der Waals surface area contributed by atoms with E-state index in [0.717, 1.165) is 21.8 Å². The van der Waals surface area contributed by atoms with Gasteiger partial charge in [0.2, 0.25) is 11.7 Å². The number of aromatic nitrogens is 2. The molecular weight excluding hydrogens is 314 g/mol. The molecule has 23 heavy (non-hydrogen) atoms. The van der Waals surface area contributed by atoms with Crippen LogP contribution in [0.3, 0.4) is 0 Å². The molecule has 5 nitrogen and oxygen atoms in total. The molecule has 1 aromatic heterocycles. The first-order valence-corrected chi connectivity index (χ1v) is 7.52. The molecule has 1 heterocycles. The first-order chi connectivity index (χ1) is 11.2. The highest BCUT2D eigenvalue weighted by molar-refractivity contribution is 6.31. The van der Waals surface area contributed by atoms with Gasteiger partial charge in [0.15, 0.2) is 0 Å². The van der Waals surface area contributed by atoms with Crippen LogP contribution in [0.25, 0.3) is 11.4 Å². The molecule has 3 rings (SSSR count). The molecule has 0 spiro atoms. The second-order valence-electron chi connectivity index (χ2n) is 4.98. The fourth-order valence-corrected chi connectivity index (χ4v) is 2.41. The molecule has 0 saturated carbocycles. The number of nitrogens with zero attached hydrogens (tertiary/aromatic N) is 2. The van der Waals surface area contributed by atoms with Gasteiger partial charge in [-0.25, -0.2) is 0 Å². The molecule has 118 valence electrons. The smallest absolute Gasteiger partial charge is 0.246 e. The minimum absolute atomic E-state index is 0.420. The molecule has 0 atom stereocenters. The van der Waals surface area contributed by atoms with Crippen LogP contribution in [0.4, 0.5) is 5.69 Å². The van der Waals surface area contributed by atoms with Crippen molar-refractivity contribution in [1.29, 1.82) is 0 Å². The largest absolute Gasteiger partial charge is 0.496 e. The minimum Gasteiger partial charge on any atom is -0.496 e. The Morgan fingerprint density at radius 3 is 2.83 bits per heavy atom. The fraction of sp³-hybridized carbons (Fsp3) is 0.176. The average molecular weight is 330 g/mol. The Hall–Kier alpha value is -2.53. The van der Waals surface area contributed by atoms with Gasteiger partial charge in [-0.3, -0.25) is 0 Å². The van der Waals surface area contributed by atoms with Gasteiger partial charge in [-0.15, -0.1) is 0 Å². The van der Waals surface area contributed by atoms with E-state index < -0.39 is 0 Å². The fourth-order valence-electron chi connectivity index (χ4n) is 2.24. The number of para-hydroxylation sites is 1. The second kappa shape index (κ2) is 6.71. The molecule has 0 bridgehead atoms. The Bertz CT molecular complexity index is 817. The molecule has 6 heteroatoms. The topological polar surface area (TPSA) is 60.2 Å². The molecule has 0 fully saturated rings. The van der Waals surface area contributed by atoms with Crippen LogP contribution in [0.1, 0.15) is 11.5 Å². The Morgan fingerprint density at radius 2 is 2.00 bits per heavy atom. The standard InChI is InChI=1S/C17H16ClN3O2/c1-11-13(18)7-5-8-14(11)19-10-16-20-17(21-23-16)12-6-3-4-9-15(12)22-2/h3-9,19H,10H2,1-2H3. The minimum atomic E-state index is 0.420. The number of rotatable bonds is 5. The number of hydrogen-bond acceptors (Lipinski definition) is 5. The maximum Gasteiger partial charge on any atom is 0.246 e. The third kappa shape index (κ3) is 3.29. The summed E-state index contributed by atoms with van der Waals surface area (Å²) in [5.41, 5.74) is 2.72. The number of hydrogen-bond donors (Lipinski definition) is 1. The van der Waals surface area contributed by atoms with Crippen LogP contribution in [0.2, 0.25) is 5.02 Å². The highest BCUT2D eigenvalue weighted by Crippen LogP contribution is 2.27. The molecule has 0 saturated heterocycles. The summed E-state index contributed by atoms with van der Waals surface area (Å²) in [5.74, 6) is 1.70. The van der Waals surface area contributed by atoms with E-state index in [1.807, 2.05) is 49.4 Å². The molecule has 0 aliphatic carbocycles. The van der Waals surface area contributed by atoms with Crippen molar-refractivity contribution in [2.45, 2.75) is 13.5 Å². The number of halogens is 1. The van der Waals surface area contributed by atoms with Crippen LogP contribution in [0.15, 0.2) is 47.0 Å². The average Bonchev–Trinajstić information content (AvgIpc) is 3.05. The van der Waals surface area contributed by atoms with Crippen molar-refractivity contribution in [1.82, 2.24) is 10.1 Å². The summed E-state index contributed by atoms with van der Waals surface area (Å²) in [7, 11) is 1.61. The summed E-state index contributed by atoms with van der Waals surface area (Å²) < 4.78 is 10.6.